The predicted molar refractivity (Wildman–Crippen MR) is 46.3 cm³/mol. The predicted octanol–water partition coefficient (Wildman–Crippen LogP) is 1.33. The fourth-order valence-electron chi connectivity index (χ4n) is 0.667. The number of hydrogen-bond donors (Lipinski definition) is 2. The molecule has 0 fully saturated rings. The van der Waals surface area contributed by atoms with Gasteiger partial charge in [0.25, 0.3) is 0 Å². The van der Waals surface area contributed by atoms with Crippen LogP contribution in [0.15, 0.2) is 12.2 Å². The molecule has 66 valence electrons. The summed E-state index contributed by atoms with van der Waals surface area (Å²) in [5.74, 6) is 0.278. The van der Waals surface area contributed by atoms with Gasteiger partial charge >= 0.3 is 0 Å². The number of aliphatic hydroxyl groups excluding tert-OH is 2. The van der Waals surface area contributed by atoms with Crippen molar-refractivity contribution in [3.8, 4) is 0 Å². The van der Waals surface area contributed by atoms with E-state index in [0.29, 0.717) is 0 Å². The van der Waals surface area contributed by atoms with Crippen molar-refractivity contribution < 1.29 is 10.2 Å². The van der Waals surface area contributed by atoms with Crippen molar-refractivity contribution in [2.24, 2.45) is 5.92 Å². The van der Waals surface area contributed by atoms with Crippen LogP contribution in [0.3, 0.4) is 0 Å². The zero-order chi connectivity index (χ0) is 8.69. The lowest BCUT2D eigenvalue weighted by molar-refractivity contribution is 0.172. The quantitative estimate of drug-likeness (QED) is 0.468. The second-order valence-corrected chi connectivity index (χ2v) is 3.03. The molecule has 0 saturated carbocycles. The summed E-state index contributed by atoms with van der Waals surface area (Å²) >= 11 is 0. The maximum atomic E-state index is 9.28. The van der Waals surface area contributed by atoms with E-state index in [2.05, 4.69) is 0 Å². The number of aliphatic hydroxyl groups is 2. The van der Waals surface area contributed by atoms with Crippen molar-refractivity contribution in [1.29, 1.82) is 0 Å². The molecule has 1 atom stereocenters. The van der Waals surface area contributed by atoms with Gasteiger partial charge in [-0.2, -0.15) is 0 Å². The van der Waals surface area contributed by atoms with Gasteiger partial charge in [0.15, 0.2) is 0 Å². The molecule has 2 heteroatoms. The highest BCUT2D eigenvalue weighted by Gasteiger charge is 2.02. The third-order valence-electron chi connectivity index (χ3n) is 1.55. The van der Waals surface area contributed by atoms with E-state index in [1.165, 1.54) is 0 Å². The summed E-state index contributed by atoms with van der Waals surface area (Å²) in [6, 6.07) is 0. The van der Waals surface area contributed by atoms with Gasteiger partial charge in [0.1, 0.15) is 0 Å². The lowest BCUT2D eigenvalue weighted by Gasteiger charge is -2.08. The maximum Gasteiger partial charge on any atom is 0.0743 e. The van der Waals surface area contributed by atoms with Gasteiger partial charge in [0.2, 0.25) is 0 Å². The molecule has 0 aliphatic heterocycles. The minimum atomic E-state index is -0.339. The molecule has 2 nitrogen and oxygen atoms in total. The molecular formula is C9H18O2. The molecule has 0 radical (unpaired) electrons. The Balaban J connectivity index is 3.40. The highest BCUT2D eigenvalue weighted by atomic mass is 16.3. The van der Waals surface area contributed by atoms with E-state index in [1.807, 2.05) is 19.9 Å². The molecule has 0 aromatic carbocycles. The first-order valence-corrected chi connectivity index (χ1v) is 4.14. The van der Waals surface area contributed by atoms with E-state index >= 15 is 0 Å². The number of unbranched alkanes of at least 4 members (excludes halogenated alkanes) is 1. The molecule has 0 spiro atoms. The van der Waals surface area contributed by atoms with Crippen LogP contribution in [-0.2, 0) is 0 Å². The monoisotopic (exact) mass is 158 g/mol. The van der Waals surface area contributed by atoms with Gasteiger partial charge in [0, 0.05) is 6.61 Å². The molecule has 11 heavy (non-hydrogen) atoms. The van der Waals surface area contributed by atoms with Crippen LogP contribution in [0.5, 0.6) is 0 Å². The minimum Gasteiger partial charge on any atom is -0.396 e. The third kappa shape index (κ3) is 6.07. The van der Waals surface area contributed by atoms with Gasteiger partial charge < -0.3 is 10.2 Å². The molecule has 0 amide bonds. The molecule has 2 N–H and O–H groups in total. The molecule has 0 heterocycles. The van der Waals surface area contributed by atoms with E-state index in [-0.39, 0.29) is 18.6 Å². The zero-order valence-electron chi connectivity index (χ0n) is 7.33. The average molecular weight is 158 g/mol. The van der Waals surface area contributed by atoms with Gasteiger partial charge in [0.05, 0.1) is 6.10 Å². The summed E-state index contributed by atoms with van der Waals surface area (Å²) < 4.78 is 0. The van der Waals surface area contributed by atoms with Crippen LogP contribution in [0.25, 0.3) is 0 Å². The largest absolute Gasteiger partial charge is 0.396 e. The average Bonchev–Trinajstić information content (AvgIpc) is 1.97. The molecule has 1 unspecified atom stereocenters. The van der Waals surface area contributed by atoms with Crippen LogP contribution < -0.4 is 0 Å². The normalized spacial score (nSPS) is 14.6. The fourth-order valence-corrected chi connectivity index (χ4v) is 0.667. The Labute approximate surface area is 68.6 Å². The molecule has 0 aliphatic carbocycles. The highest BCUT2D eigenvalue weighted by Crippen LogP contribution is 2.03. The Morgan fingerprint density at radius 2 is 2.00 bits per heavy atom. The molecular weight excluding hydrogens is 140 g/mol. The molecule has 0 bridgehead atoms. The Kier molecular flexibility index (Phi) is 6.18. The summed E-state index contributed by atoms with van der Waals surface area (Å²) in [6.45, 7) is 4.17. The third-order valence-corrected chi connectivity index (χ3v) is 1.55. The van der Waals surface area contributed by atoms with Gasteiger partial charge in [-0.05, 0) is 18.8 Å². The van der Waals surface area contributed by atoms with E-state index < -0.39 is 0 Å². The van der Waals surface area contributed by atoms with E-state index in [4.69, 9.17) is 5.11 Å². The molecule has 0 aliphatic rings. The summed E-state index contributed by atoms with van der Waals surface area (Å²) in [5.41, 5.74) is 0. The number of hydrogen-bond acceptors (Lipinski definition) is 2. The summed E-state index contributed by atoms with van der Waals surface area (Å²) in [5, 5.41) is 17.7. The number of allylic oxidation sites excluding steroid dienone is 1. The Hall–Kier alpha value is -0.340. The van der Waals surface area contributed by atoms with Crippen LogP contribution in [0.4, 0.5) is 0 Å². The van der Waals surface area contributed by atoms with Gasteiger partial charge in [-0.25, -0.2) is 0 Å². The van der Waals surface area contributed by atoms with Crippen LogP contribution in [-0.4, -0.2) is 22.9 Å². The Morgan fingerprint density at radius 1 is 1.36 bits per heavy atom. The smallest absolute Gasteiger partial charge is 0.0743 e. The highest BCUT2D eigenvalue weighted by molar-refractivity contribution is 4.89. The number of rotatable bonds is 5. The van der Waals surface area contributed by atoms with Crippen molar-refractivity contribution in [2.45, 2.75) is 32.8 Å². The van der Waals surface area contributed by atoms with E-state index in [9.17, 15) is 5.11 Å². The molecule has 0 saturated heterocycles. The van der Waals surface area contributed by atoms with Crippen molar-refractivity contribution in [1.82, 2.24) is 0 Å². The standard InChI is InChI=1S/C9H18O2/c1-8(2)9(11)6-4-3-5-7-10/h4,6,8-11H,3,5,7H2,1-2H3. The second-order valence-electron chi connectivity index (χ2n) is 3.03. The van der Waals surface area contributed by atoms with E-state index in [1.54, 1.807) is 6.08 Å². The summed E-state index contributed by atoms with van der Waals surface area (Å²) in [4.78, 5) is 0. The SMILES string of the molecule is CC(C)C(O)C=CCCCO. The second kappa shape index (κ2) is 6.38. The molecule has 0 aromatic rings. The first-order valence-electron chi connectivity index (χ1n) is 4.14. The summed E-state index contributed by atoms with van der Waals surface area (Å²) in [7, 11) is 0. The minimum absolute atomic E-state index is 0.224. The van der Waals surface area contributed by atoms with E-state index in [0.717, 1.165) is 12.8 Å². The van der Waals surface area contributed by atoms with Crippen LogP contribution in [0.1, 0.15) is 26.7 Å². The molecule has 0 rings (SSSR count). The Morgan fingerprint density at radius 3 is 2.45 bits per heavy atom. The van der Waals surface area contributed by atoms with Gasteiger partial charge in [-0.1, -0.05) is 26.0 Å². The van der Waals surface area contributed by atoms with Crippen LogP contribution >= 0.6 is 0 Å². The maximum absolute atomic E-state index is 9.28. The van der Waals surface area contributed by atoms with Crippen LogP contribution in [0, 0.1) is 5.92 Å². The Bertz CT molecular complexity index is 108. The van der Waals surface area contributed by atoms with Crippen molar-refractivity contribution in [3.05, 3.63) is 12.2 Å². The first-order chi connectivity index (χ1) is 5.18. The van der Waals surface area contributed by atoms with Crippen LogP contribution in [0.2, 0.25) is 0 Å². The first kappa shape index (κ1) is 10.7. The fraction of sp³-hybridized carbons (Fsp3) is 0.778. The van der Waals surface area contributed by atoms with Gasteiger partial charge in [-0.3, -0.25) is 0 Å². The van der Waals surface area contributed by atoms with Crippen molar-refractivity contribution >= 4 is 0 Å². The van der Waals surface area contributed by atoms with Crippen molar-refractivity contribution in [3.63, 3.8) is 0 Å². The van der Waals surface area contributed by atoms with Gasteiger partial charge in [-0.15, -0.1) is 0 Å². The molecule has 0 aromatic heterocycles. The van der Waals surface area contributed by atoms with Crippen molar-refractivity contribution in [2.75, 3.05) is 6.61 Å². The summed E-state index contributed by atoms with van der Waals surface area (Å²) in [6.07, 6.45) is 5.00. The lowest BCUT2D eigenvalue weighted by atomic mass is 10.1. The lowest BCUT2D eigenvalue weighted by Crippen LogP contribution is -2.10. The topological polar surface area (TPSA) is 40.5 Å². The zero-order valence-corrected chi connectivity index (χ0v) is 7.33.